The van der Waals surface area contributed by atoms with Crippen LogP contribution >= 0.6 is 0 Å². The Labute approximate surface area is 113 Å². The first-order valence-corrected chi connectivity index (χ1v) is 6.54. The summed E-state index contributed by atoms with van der Waals surface area (Å²) in [5.41, 5.74) is 1.19. The molecule has 1 fully saturated rings. The summed E-state index contributed by atoms with van der Waals surface area (Å²) < 4.78 is 0. The summed E-state index contributed by atoms with van der Waals surface area (Å²) in [4.78, 5) is 16.2. The van der Waals surface area contributed by atoms with Crippen LogP contribution in [0.5, 0.6) is 0 Å². The van der Waals surface area contributed by atoms with Gasteiger partial charge in [0.2, 0.25) is 0 Å². The molecule has 1 aromatic rings. The lowest BCUT2D eigenvalue weighted by Crippen LogP contribution is -2.31. The van der Waals surface area contributed by atoms with Crippen LogP contribution in [0, 0.1) is 17.3 Å². The molecule has 0 unspecified atom stereocenters. The fourth-order valence-electron chi connectivity index (χ4n) is 2.01. The highest BCUT2D eigenvalue weighted by Crippen LogP contribution is 2.47. The van der Waals surface area contributed by atoms with Gasteiger partial charge in [0.05, 0.1) is 5.56 Å². The van der Waals surface area contributed by atoms with Gasteiger partial charge in [0.25, 0.3) is 5.91 Å². The maximum absolute atomic E-state index is 12.1. The Kier molecular flexibility index (Phi) is 4.18. The predicted molar refractivity (Wildman–Crippen MR) is 72.5 cm³/mol. The molecule has 0 atom stereocenters. The van der Waals surface area contributed by atoms with E-state index in [9.17, 15) is 4.79 Å². The average molecular weight is 258 g/mol. The third-order valence-corrected chi connectivity index (χ3v) is 3.66. The summed E-state index contributed by atoms with van der Waals surface area (Å²) >= 11 is 0. The van der Waals surface area contributed by atoms with Gasteiger partial charge in [-0.1, -0.05) is 18.8 Å². The Morgan fingerprint density at radius 3 is 3.00 bits per heavy atom. The first kappa shape index (κ1) is 13.6. The lowest BCUT2D eigenvalue weighted by molar-refractivity contribution is 0.0939. The SMILES string of the molecule is CCC1(CNC(=O)c2ncccc2C#CCO)CC1. The molecule has 2 N–H and O–H groups in total. The molecule has 1 aromatic heterocycles. The van der Waals surface area contributed by atoms with Crippen molar-refractivity contribution in [2.45, 2.75) is 26.2 Å². The number of aliphatic hydroxyl groups is 1. The van der Waals surface area contributed by atoms with E-state index in [2.05, 4.69) is 29.1 Å². The van der Waals surface area contributed by atoms with Gasteiger partial charge in [-0.05, 0) is 36.8 Å². The van der Waals surface area contributed by atoms with Crippen molar-refractivity contribution in [2.24, 2.45) is 5.41 Å². The van der Waals surface area contributed by atoms with Gasteiger partial charge in [-0.3, -0.25) is 4.79 Å². The number of carbonyl (C=O) groups excluding carboxylic acids is 1. The van der Waals surface area contributed by atoms with E-state index in [1.807, 2.05) is 0 Å². The number of hydrogen-bond acceptors (Lipinski definition) is 3. The van der Waals surface area contributed by atoms with Gasteiger partial charge < -0.3 is 10.4 Å². The van der Waals surface area contributed by atoms with E-state index in [4.69, 9.17) is 5.11 Å². The number of pyridine rings is 1. The van der Waals surface area contributed by atoms with E-state index in [0.717, 1.165) is 6.42 Å². The average Bonchev–Trinajstić information content (AvgIpc) is 3.23. The molecule has 100 valence electrons. The Bertz CT molecular complexity index is 524. The number of aliphatic hydroxyl groups excluding tert-OH is 1. The van der Waals surface area contributed by atoms with E-state index in [-0.39, 0.29) is 12.5 Å². The van der Waals surface area contributed by atoms with Crippen LogP contribution < -0.4 is 5.32 Å². The molecule has 1 aliphatic carbocycles. The molecule has 0 saturated heterocycles. The quantitative estimate of drug-likeness (QED) is 0.801. The minimum absolute atomic E-state index is 0.192. The number of rotatable bonds is 4. The van der Waals surface area contributed by atoms with Crippen molar-refractivity contribution in [2.75, 3.05) is 13.2 Å². The second-order valence-electron chi connectivity index (χ2n) is 4.90. The molecule has 1 saturated carbocycles. The summed E-state index contributed by atoms with van der Waals surface area (Å²) in [6.07, 6.45) is 5.03. The molecule has 19 heavy (non-hydrogen) atoms. The first-order chi connectivity index (χ1) is 9.21. The highest BCUT2D eigenvalue weighted by Gasteiger charge is 2.40. The van der Waals surface area contributed by atoms with Crippen LogP contribution in [-0.4, -0.2) is 29.1 Å². The highest BCUT2D eigenvalue weighted by atomic mass is 16.2. The van der Waals surface area contributed by atoms with Crippen LogP contribution in [0.2, 0.25) is 0 Å². The molecule has 1 amide bonds. The van der Waals surface area contributed by atoms with E-state index in [1.54, 1.807) is 18.3 Å². The Morgan fingerprint density at radius 2 is 2.37 bits per heavy atom. The largest absolute Gasteiger partial charge is 0.384 e. The number of carbonyl (C=O) groups is 1. The topological polar surface area (TPSA) is 62.2 Å². The number of nitrogens with one attached hydrogen (secondary N) is 1. The zero-order valence-corrected chi connectivity index (χ0v) is 11.1. The molecule has 0 radical (unpaired) electrons. The lowest BCUT2D eigenvalue weighted by atomic mass is 10.0. The number of amides is 1. The molecule has 4 heteroatoms. The predicted octanol–water partition coefficient (Wildman–Crippen LogP) is 1.35. The second-order valence-corrected chi connectivity index (χ2v) is 4.90. The van der Waals surface area contributed by atoms with Crippen molar-refractivity contribution in [3.63, 3.8) is 0 Å². The minimum Gasteiger partial charge on any atom is -0.384 e. The van der Waals surface area contributed by atoms with Gasteiger partial charge in [-0.15, -0.1) is 0 Å². The number of aromatic nitrogens is 1. The Hall–Kier alpha value is -1.86. The minimum atomic E-state index is -0.227. The summed E-state index contributed by atoms with van der Waals surface area (Å²) in [5, 5.41) is 11.7. The van der Waals surface area contributed by atoms with Gasteiger partial charge in [-0.2, -0.15) is 0 Å². The normalized spacial score (nSPS) is 15.3. The van der Waals surface area contributed by atoms with Crippen LogP contribution in [0.25, 0.3) is 0 Å². The fourth-order valence-corrected chi connectivity index (χ4v) is 2.01. The van der Waals surface area contributed by atoms with Gasteiger partial charge in [0.1, 0.15) is 12.3 Å². The maximum Gasteiger partial charge on any atom is 0.271 e. The monoisotopic (exact) mass is 258 g/mol. The lowest BCUT2D eigenvalue weighted by Gasteiger charge is -2.13. The van der Waals surface area contributed by atoms with E-state index in [1.165, 1.54) is 12.8 Å². The number of hydrogen-bond donors (Lipinski definition) is 2. The van der Waals surface area contributed by atoms with Crippen molar-refractivity contribution in [1.82, 2.24) is 10.3 Å². The summed E-state index contributed by atoms with van der Waals surface area (Å²) in [5.74, 6) is 5.10. The smallest absolute Gasteiger partial charge is 0.271 e. The summed E-state index contributed by atoms with van der Waals surface area (Å²) in [6, 6.07) is 3.46. The van der Waals surface area contributed by atoms with Crippen molar-refractivity contribution >= 4 is 5.91 Å². The molecule has 2 rings (SSSR count). The fraction of sp³-hybridized carbons (Fsp3) is 0.467. The summed E-state index contributed by atoms with van der Waals surface area (Å²) in [6.45, 7) is 2.62. The van der Waals surface area contributed by atoms with Crippen LogP contribution in [0.1, 0.15) is 42.2 Å². The van der Waals surface area contributed by atoms with Crippen LogP contribution in [0.15, 0.2) is 18.3 Å². The molecule has 4 nitrogen and oxygen atoms in total. The van der Waals surface area contributed by atoms with Crippen LogP contribution in [0.4, 0.5) is 0 Å². The highest BCUT2D eigenvalue weighted by molar-refractivity contribution is 5.94. The third-order valence-electron chi connectivity index (χ3n) is 3.66. The van der Waals surface area contributed by atoms with Gasteiger partial charge in [-0.25, -0.2) is 4.98 Å². The molecule has 0 aliphatic heterocycles. The van der Waals surface area contributed by atoms with E-state index in [0.29, 0.717) is 23.2 Å². The van der Waals surface area contributed by atoms with E-state index < -0.39 is 0 Å². The molecule has 0 spiro atoms. The van der Waals surface area contributed by atoms with Crippen molar-refractivity contribution in [1.29, 1.82) is 0 Å². The second kappa shape index (κ2) is 5.85. The van der Waals surface area contributed by atoms with Gasteiger partial charge in [0, 0.05) is 12.7 Å². The molecule has 0 aromatic carbocycles. The molecular weight excluding hydrogens is 240 g/mol. The molecule has 1 heterocycles. The summed E-state index contributed by atoms with van der Waals surface area (Å²) in [7, 11) is 0. The standard InChI is InChI=1S/C15H18N2O2/c1-2-15(7-8-15)11-17-14(19)13-12(6-4-10-18)5-3-9-16-13/h3,5,9,18H,2,7-8,10-11H2,1H3,(H,17,19). The Balaban J connectivity index is 2.06. The van der Waals surface area contributed by atoms with Crippen molar-refractivity contribution in [3.8, 4) is 11.8 Å². The Morgan fingerprint density at radius 1 is 1.58 bits per heavy atom. The molecular formula is C15H18N2O2. The van der Waals surface area contributed by atoms with Crippen LogP contribution in [-0.2, 0) is 0 Å². The maximum atomic E-state index is 12.1. The van der Waals surface area contributed by atoms with Crippen molar-refractivity contribution < 1.29 is 9.90 Å². The van der Waals surface area contributed by atoms with Gasteiger partial charge in [0.15, 0.2) is 0 Å². The van der Waals surface area contributed by atoms with Crippen LogP contribution in [0.3, 0.4) is 0 Å². The van der Waals surface area contributed by atoms with E-state index >= 15 is 0 Å². The zero-order chi connectivity index (χ0) is 13.7. The molecule has 0 bridgehead atoms. The van der Waals surface area contributed by atoms with Crippen molar-refractivity contribution in [3.05, 3.63) is 29.6 Å². The first-order valence-electron chi connectivity index (χ1n) is 6.54. The third kappa shape index (κ3) is 3.33. The molecule has 1 aliphatic rings. The zero-order valence-electron chi connectivity index (χ0n) is 11.1. The van der Waals surface area contributed by atoms with Gasteiger partial charge >= 0.3 is 0 Å². The number of nitrogens with zero attached hydrogens (tertiary/aromatic N) is 1.